The molecule has 0 saturated heterocycles. The van der Waals surface area contributed by atoms with E-state index in [1.807, 2.05) is 0 Å². The summed E-state index contributed by atoms with van der Waals surface area (Å²) >= 11 is 0. The Kier molecular flexibility index (Phi) is 6.99. The third kappa shape index (κ3) is 3.50. The number of Topliss-reactive ketones (excluding diaryl/α,β-unsaturated/α-hetero) is 1. The summed E-state index contributed by atoms with van der Waals surface area (Å²) in [5.74, 6) is -3.13. The normalized spacial score (nSPS) is 46.5. The number of aliphatic hydroxyl groups excluding tert-OH is 2. The van der Waals surface area contributed by atoms with Crippen molar-refractivity contribution in [2.24, 2.45) is 28.6 Å². The number of carbonyl (C=O) groups is 2. The molecule has 180 valence electrons. The monoisotopic (exact) mass is 496 g/mol. The predicted molar refractivity (Wildman–Crippen MR) is 112 cm³/mol. The third-order valence-corrected chi connectivity index (χ3v) is 9.53. The van der Waals surface area contributed by atoms with Crippen LogP contribution in [0.1, 0.15) is 47.9 Å². The van der Waals surface area contributed by atoms with E-state index in [4.69, 9.17) is 4.52 Å². The summed E-state index contributed by atoms with van der Waals surface area (Å²) in [4.78, 5) is 44.2. The van der Waals surface area contributed by atoms with Gasteiger partial charge >= 0.3 is 37.4 Å². The minimum absolute atomic E-state index is 0. The Balaban J connectivity index is 0.00000204. The summed E-state index contributed by atoms with van der Waals surface area (Å²) in [6.45, 7) is 3.87. The number of halogens is 1. The standard InChI is InChI=1S/C22H30FO8P.Na.H/c1-12-8-16-15-5-4-13-9-14(25)6-7-19(13,2)21(15,23)17(26)10-20(16,3)22(12,18(27)11-24)31-32(28,29)30;;/h6-7,9,12,15-17,24,26H,4-5,8,10-11H2,1-3H3,(H2,28,29,30);;/q;+1;-1/t12-,15-,16-,17-,19-,20-,21-,22-;;/m0../s1. The Morgan fingerprint density at radius 2 is 1.97 bits per heavy atom. The fraction of sp³-hybridized carbons (Fsp3) is 0.727. The van der Waals surface area contributed by atoms with Crippen LogP contribution in [0.5, 0.6) is 0 Å². The van der Waals surface area contributed by atoms with Gasteiger partial charge in [-0.1, -0.05) is 25.5 Å². The molecule has 4 aliphatic carbocycles. The molecule has 0 spiro atoms. The predicted octanol–water partition coefficient (Wildman–Crippen LogP) is -0.871. The first kappa shape index (κ1) is 27.4. The molecule has 0 heterocycles. The molecule has 0 aliphatic heterocycles. The molecule has 33 heavy (non-hydrogen) atoms. The van der Waals surface area contributed by atoms with E-state index in [0.717, 1.165) is 0 Å². The first-order valence-corrected chi connectivity index (χ1v) is 12.4. The summed E-state index contributed by atoms with van der Waals surface area (Å²) in [5, 5.41) is 21.0. The van der Waals surface area contributed by atoms with Crippen molar-refractivity contribution in [2.45, 2.75) is 63.8 Å². The maximum absolute atomic E-state index is 17.1. The van der Waals surface area contributed by atoms with Crippen molar-refractivity contribution in [3.8, 4) is 0 Å². The smallest absolute Gasteiger partial charge is 1.00 e. The van der Waals surface area contributed by atoms with Gasteiger partial charge in [0.05, 0.1) is 6.10 Å². The van der Waals surface area contributed by atoms with Gasteiger partial charge in [0.2, 0.25) is 0 Å². The third-order valence-electron chi connectivity index (χ3n) is 9.00. The van der Waals surface area contributed by atoms with Gasteiger partial charge in [-0.2, -0.15) is 0 Å². The number of aliphatic hydroxyl groups is 2. The van der Waals surface area contributed by atoms with Crippen molar-refractivity contribution in [3.05, 3.63) is 23.8 Å². The second-order valence-corrected chi connectivity index (χ2v) is 11.5. The molecular formula is C22H31FNaO8P. The molecule has 8 nitrogen and oxygen atoms in total. The Labute approximate surface area is 215 Å². The van der Waals surface area contributed by atoms with Crippen LogP contribution in [0, 0.1) is 28.6 Å². The Morgan fingerprint density at radius 1 is 1.33 bits per heavy atom. The molecule has 8 atom stereocenters. The van der Waals surface area contributed by atoms with Crippen LogP contribution in [0.3, 0.4) is 0 Å². The van der Waals surface area contributed by atoms with Gasteiger partial charge < -0.3 is 21.4 Å². The zero-order valence-corrected chi connectivity index (χ0v) is 22.2. The molecular weight excluding hydrogens is 465 g/mol. The fourth-order valence-corrected chi connectivity index (χ4v) is 8.54. The van der Waals surface area contributed by atoms with Crippen molar-refractivity contribution in [2.75, 3.05) is 6.61 Å². The number of phosphoric acid groups is 1. The first-order valence-electron chi connectivity index (χ1n) is 10.9. The van der Waals surface area contributed by atoms with Gasteiger partial charge in [-0.05, 0) is 56.6 Å². The van der Waals surface area contributed by atoms with Gasteiger partial charge in [-0.15, -0.1) is 0 Å². The number of allylic oxidation sites excluding steroid dienone is 4. The van der Waals surface area contributed by atoms with Crippen molar-refractivity contribution < 1.29 is 74.1 Å². The summed E-state index contributed by atoms with van der Waals surface area (Å²) in [6, 6.07) is 0. The quantitative estimate of drug-likeness (QED) is 0.291. The molecule has 0 amide bonds. The topological polar surface area (TPSA) is 141 Å². The van der Waals surface area contributed by atoms with Crippen LogP contribution in [0.25, 0.3) is 0 Å². The minimum atomic E-state index is -5.17. The molecule has 4 aliphatic rings. The average molecular weight is 496 g/mol. The summed E-state index contributed by atoms with van der Waals surface area (Å²) in [5.41, 5.74) is -6.13. The number of hydrogen-bond acceptors (Lipinski definition) is 6. The maximum Gasteiger partial charge on any atom is 1.00 e. The van der Waals surface area contributed by atoms with Crippen molar-refractivity contribution >= 4 is 19.4 Å². The largest absolute Gasteiger partial charge is 1.00 e. The molecule has 0 aromatic rings. The molecule has 0 unspecified atom stereocenters. The van der Waals surface area contributed by atoms with Crippen molar-refractivity contribution in [3.63, 3.8) is 0 Å². The van der Waals surface area contributed by atoms with Crippen LogP contribution in [-0.4, -0.2) is 55.5 Å². The summed E-state index contributed by atoms with van der Waals surface area (Å²) < 4.78 is 34.2. The van der Waals surface area contributed by atoms with E-state index in [9.17, 15) is 34.2 Å². The number of carbonyl (C=O) groups excluding carboxylic acids is 2. The van der Waals surface area contributed by atoms with Crippen LogP contribution in [-0.2, 0) is 18.7 Å². The molecule has 11 heteroatoms. The van der Waals surface area contributed by atoms with Gasteiger partial charge in [-0.25, -0.2) is 8.96 Å². The van der Waals surface area contributed by atoms with Gasteiger partial charge in [0, 0.05) is 16.7 Å². The molecule has 3 saturated carbocycles. The van der Waals surface area contributed by atoms with E-state index < -0.39 is 66.2 Å². The molecule has 3 fully saturated rings. The Morgan fingerprint density at radius 3 is 2.55 bits per heavy atom. The molecule has 0 bridgehead atoms. The molecule has 0 radical (unpaired) electrons. The van der Waals surface area contributed by atoms with Gasteiger partial charge in [-0.3, -0.25) is 14.1 Å². The summed E-state index contributed by atoms with van der Waals surface area (Å²) in [7, 11) is -5.17. The minimum Gasteiger partial charge on any atom is -1.00 e. The van der Waals surface area contributed by atoms with Crippen molar-refractivity contribution in [1.29, 1.82) is 0 Å². The number of fused-ring (bicyclic) bond motifs is 5. The van der Waals surface area contributed by atoms with Crippen molar-refractivity contribution in [1.82, 2.24) is 0 Å². The number of rotatable bonds is 4. The second-order valence-electron chi connectivity index (χ2n) is 10.3. The number of phosphoric ester groups is 1. The van der Waals surface area contributed by atoms with Gasteiger partial charge in [0.1, 0.15) is 12.2 Å². The van der Waals surface area contributed by atoms with Crippen LogP contribution < -0.4 is 29.6 Å². The van der Waals surface area contributed by atoms with Crippen LogP contribution in [0.2, 0.25) is 0 Å². The zero-order chi connectivity index (χ0) is 23.9. The molecule has 0 aromatic carbocycles. The van der Waals surface area contributed by atoms with Gasteiger partial charge in [0.15, 0.2) is 17.2 Å². The van der Waals surface area contributed by atoms with E-state index in [1.165, 1.54) is 18.2 Å². The van der Waals surface area contributed by atoms with E-state index >= 15 is 4.39 Å². The fourth-order valence-electron chi connectivity index (χ4n) is 7.67. The molecule has 4 rings (SSSR count). The number of alkyl halides is 1. The molecule has 0 aromatic heterocycles. The van der Waals surface area contributed by atoms with Crippen LogP contribution >= 0.6 is 7.82 Å². The number of hydrogen-bond donors (Lipinski definition) is 4. The summed E-state index contributed by atoms with van der Waals surface area (Å²) in [6.07, 6.45) is 3.34. The zero-order valence-electron chi connectivity index (χ0n) is 20.3. The van der Waals surface area contributed by atoms with E-state index in [1.54, 1.807) is 20.8 Å². The van der Waals surface area contributed by atoms with Crippen LogP contribution in [0.4, 0.5) is 4.39 Å². The Hall–Kier alpha value is -0.220. The number of ketones is 2. The SMILES string of the molecule is C[C@H]1C[C@H]2[C@@H]3CCC4=CC(=O)C=C[C@]4(C)[C@@]3(F)[C@@H](O)C[C@]2(C)[C@@]1(OP(=O)(O)O)C(=O)CO.[H-].[Na+]. The van der Waals surface area contributed by atoms with E-state index in [0.29, 0.717) is 18.4 Å². The Bertz CT molecular complexity index is 986. The second kappa shape index (κ2) is 8.43. The van der Waals surface area contributed by atoms with E-state index in [-0.39, 0.29) is 49.6 Å². The van der Waals surface area contributed by atoms with Gasteiger partial charge in [0.25, 0.3) is 0 Å². The van der Waals surface area contributed by atoms with Crippen LogP contribution in [0.15, 0.2) is 23.8 Å². The maximum atomic E-state index is 17.1. The van der Waals surface area contributed by atoms with E-state index in [2.05, 4.69) is 0 Å². The first-order chi connectivity index (χ1) is 14.7. The average Bonchev–Trinajstić information content (AvgIpc) is 2.90. The molecule has 4 N–H and O–H groups in total.